The number of pyridine rings is 1. The number of nitrogens with one attached hydrogen (secondary N) is 1. The Labute approximate surface area is 171 Å². The van der Waals surface area contributed by atoms with Gasteiger partial charge in [-0.05, 0) is 12.1 Å². The molecule has 2 aromatic heterocycles. The number of aliphatic hydroxyl groups is 2. The number of carbonyl (C=O) groups excluding carboxylic acids is 1. The zero-order valence-corrected chi connectivity index (χ0v) is 16.1. The fourth-order valence-electron chi connectivity index (χ4n) is 3.75. The minimum atomic E-state index is -1.49. The van der Waals surface area contributed by atoms with Gasteiger partial charge >= 0.3 is 5.69 Å². The summed E-state index contributed by atoms with van der Waals surface area (Å²) < 4.78 is 6.51. The third-order valence-electron chi connectivity index (χ3n) is 5.40. The molecule has 1 amide bonds. The van der Waals surface area contributed by atoms with Crippen LogP contribution < -0.4 is 11.2 Å². The van der Waals surface area contributed by atoms with Crippen LogP contribution in [0.3, 0.4) is 0 Å². The average Bonchev–Trinajstić information content (AvgIpc) is 3.04. The predicted octanol–water partition coefficient (Wildman–Crippen LogP) is -2.10. The van der Waals surface area contributed by atoms with Gasteiger partial charge in [-0.2, -0.15) is 0 Å². The molecule has 2 fully saturated rings. The van der Waals surface area contributed by atoms with Crippen LogP contribution >= 0.6 is 0 Å². The number of H-pyrrole nitrogens is 1. The molecule has 160 valence electrons. The van der Waals surface area contributed by atoms with Gasteiger partial charge in [0.05, 0.1) is 5.69 Å². The lowest BCUT2D eigenvalue weighted by Gasteiger charge is -2.35. The number of hydrogen-bond acceptors (Lipinski definition) is 8. The van der Waals surface area contributed by atoms with Crippen molar-refractivity contribution in [2.45, 2.75) is 31.1 Å². The Morgan fingerprint density at radius 3 is 2.57 bits per heavy atom. The summed E-state index contributed by atoms with van der Waals surface area (Å²) in [6.07, 6.45) is -2.66. The summed E-state index contributed by atoms with van der Waals surface area (Å²) in [4.78, 5) is 46.2. The van der Waals surface area contributed by atoms with Crippen molar-refractivity contribution in [3.05, 3.63) is 63.2 Å². The van der Waals surface area contributed by atoms with Gasteiger partial charge in [0.2, 0.25) is 0 Å². The van der Waals surface area contributed by atoms with Crippen LogP contribution in [0.5, 0.6) is 0 Å². The van der Waals surface area contributed by atoms with E-state index in [1.165, 1.54) is 0 Å². The van der Waals surface area contributed by atoms with Crippen molar-refractivity contribution in [3.8, 4) is 0 Å². The molecule has 4 heterocycles. The molecule has 11 nitrogen and oxygen atoms in total. The highest BCUT2D eigenvalue weighted by atomic mass is 16.6. The van der Waals surface area contributed by atoms with E-state index in [4.69, 9.17) is 4.74 Å². The molecular weight excluding hydrogens is 394 g/mol. The molecule has 0 spiro atoms. The van der Waals surface area contributed by atoms with E-state index in [1.54, 1.807) is 11.1 Å². The first kappa shape index (κ1) is 20.4. The number of rotatable bonds is 4. The van der Waals surface area contributed by atoms with Gasteiger partial charge in [-0.3, -0.25) is 29.0 Å². The first-order chi connectivity index (χ1) is 14.4. The van der Waals surface area contributed by atoms with Gasteiger partial charge in [0, 0.05) is 51.2 Å². The number of nitrogens with zero attached hydrogens (tertiary/aromatic N) is 4. The lowest BCUT2D eigenvalue weighted by atomic mass is 10.1. The summed E-state index contributed by atoms with van der Waals surface area (Å²) in [5.41, 5.74) is -0.445. The molecule has 0 aromatic carbocycles. The van der Waals surface area contributed by atoms with E-state index in [9.17, 15) is 24.6 Å². The van der Waals surface area contributed by atoms with E-state index < -0.39 is 41.7 Å². The number of carbonyl (C=O) groups is 1. The molecule has 2 aromatic rings. The highest BCUT2D eigenvalue weighted by molar-refractivity contribution is 5.82. The molecule has 2 aliphatic rings. The molecule has 0 radical (unpaired) electrons. The summed E-state index contributed by atoms with van der Waals surface area (Å²) in [6.45, 7) is 2.84. The van der Waals surface area contributed by atoms with E-state index in [-0.39, 0.29) is 0 Å². The fourth-order valence-corrected chi connectivity index (χ4v) is 3.75. The van der Waals surface area contributed by atoms with Crippen LogP contribution in [0.1, 0.15) is 11.9 Å². The van der Waals surface area contributed by atoms with Gasteiger partial charge in [-0.1, -0.05) is 6.07 Å². The number of amides is 1. The van der Waals surface area contributed by atoms with Crippen molar-refractivity contribution >= 4 is 5.91 Å². The smallest absolute Gasteiger partial charge is 0.330 e. The van der Waals surface area contributed by atoms with E-state index >= 15 is 0 Å². The van der Waals surface area contributed by atoms with Gasteiger partial charge in [0.15, 0.2) is 12.3 Å². The maximum absolute atomic E-state index is 12.9. The fraction of sp³-hybridized carbons (Fsp3) is 0.474. The minimum absolute atomic E-state index is 0.442. The first-order valence-electron chi connectivity index (χ1n) is 9.68. The molecule has 0 aliphatic carbocycles. The summed E-state index contributed by atoms with van der Waals surface area (Å²) >= 11 is 0. The second-order valence-corrected chi connectivity index (χ2v) is 7.37. The molecule has 30 heavy (non-hydrogen) atoms. The SMILES string of the molecule is O=C([C@H]1O[C@@H](n2ccc(=O)[nH]c2=O)[C@H](O)[C@@H]1O)N1CCN(Cc2ccccn2)CC1. The average molecular weight is 417 g/mol. The molecular formula is C19H23N5O6. The summed E-state index contributed by atoms with van der Waals surface area (Å²) in [5, 5.41) is 20.7. The molecule has 2 saturated heterocycles. The highest BCUT2D eigenvalue weighted by Crippen LogP contribution is 2.29. The Hall–Kier alpha value is -2.86. The van der Waals surface area contributed by atoms with Crippen molar-refractivity contribution in [1.29, 1.82) is 0 Å². The van der Waals surface area contributed by atoms with Crippen molar-refractivity contribution in [3.63, 3.8) is 0 Å². The Kier molecular flexibility index (Phi) is 5.77. The van der Waals surface area contributed by atoms with Gasteiger partial charge in [0.1, 0.15) is 12.2 Å². The van der Waals surface area contributed by atoms with E-state index in [0.29, 0.717) is 32.7 Å². The van der Waals surface area contributed by atoms with E-state index in [2.05, 4.69) is 14.9 Å². The Morgan fingerprint density at radius 1 is 1.13 bits per heavy atom. The van der Waals surface area contributed by atoms with E-state index in [1.807, 2.05) is 18.2 Å². The zero-order valence-electron chi connectivity index (χ0n) is 16.1. The first-order valence-corrected chi connectivity index (χ1v) is 9.68. The quantitative estimate of drug-likeness (QED) is 0.514. The molecule has 4 rings (SSSR count). The zero-order chi connectivity index (χ0) is 21.3. The lowest BCUT2D eigenvalue weighted by molar-refractivity contribution is -0.150. The van der Waals surface area contributed by atoms with Gasteiger partial charge < -0.3 is 19.8 Å². The molecule has 2 aliphatic heterocycles. The minimum Gasteiger partial charge on any atom is -0.387 e. The van der Waals surface area contributed by atoms with Crippen LogP contribution in [0, 0.1) is 0 Å². The topological polar surface area (TPSA) is 141 Å². The maximum Gasteiger partial charge on any atom is 0.330 e. The number of piperazine rings is 1. The van der Waals surface area contributed by atoms with Crippen molar-refractivity contribution < 1.29 is 19.7 Å². The molecule has 11 heteroatoms. The van der Waals surface area contributed by atoms with Crippen LogP contribution in [-0.4, -0.2) is 84.9 Å². The van der Waals surface area contributed by atoms with Gasteiger partial charge in [-0.15, -0.1) is 0 Å². The third-order valence-corrected chi connectivity index (χ3v) is 5.40. The number of aromatic amines is 1. The standard InChI is InChI=1S/C19H23N5O6/c25-13-4-6-24(19(29)21-13)18-15(27)14(26)16(30-18)17(28)23-9-7-22(8-10-23)11-12-3-1-2-5-20-12/h1-6,14-16,18,26-27H,7-11H2,(H,21,25,29)/t14-,15+,16-,18+/m0/s1. The Balaban J connectivity index is 1.39. The normalized spacial score (nSPS) is 27.3. The number of aromatic nitrogens is 3. The molecule has 0 saturated carbocycles. The van der Waals surface area contributed by atoms with Gasteiger partial charge in [0.25, 0.3) is 11.5 Å². The van der Waals surface area contributed by atoms with Crippen LogP contribution in [0.25, 0.3) is 0 Å². The Bertz CT molecular complexity index is 1000. The monoisotopic (exact) mass is 417 g/mol. The maximum atomic E-state index is 12.9. The van der Waals surface area contributed by atoms with Crippen molar-refractivity contribution in [1.82, 2.24) is 24.3 Å². The second-order valence-electron chi connectivity index (χ2n) is 7.37. The molecule has 0 bridgehead atoms. The molecule has 0 unspecified atom stereocenters. The largest absolute Gasteiger partial charge is 0.387 e. The molecule has 4 atom stereocenters. The summed E-state index contributed by atoms with van der Waals surface area (Å²) in [6, 6.07) is 6.83. The number of aliphatic hydroxyl groups excluding tert-OH is 2. The van der Waals surface area contributed by atoms with Crippen molar-refractivity contribution in [2.75, 3.05) is 26.2 Å². The van der Waals surface area contributed by atoms with Gasteiger partial charge in [-0.25, -0.2) is 4.79 Å². The van der Waals surface area contributed by atoms with Crippen LogP contribution in [0.15, 0.2) is 46.2 Å². The Morgan fingerprint density at radius 2 is 1.90 bits per heavy atom. The lowest BCUT2D eigenvalue weighted by Crippen LogP contribution is -2.53. The summed E-state index contributed by atoms with van der Waals surface area (Å²) in [7, 11) is 0. The molecule has 3 N–H and O–H groups in total. The van der Waals surface area contributed by atoms with Crippen LogP contribution in [-0.2, 0) is 16.1 Å². The predicted molar refractivity (Wildman–Crippen MR) is 103 cm³/mol. The number of ether oxygens (including phenoxy) is 1. The second kappa shape index (κ2) is 8.48. The van der Waals surface area contributed by atoms with Crippen molar-refractivity contribution in [2.24, 2.45) is 0 Å². The number of hydrogen-bond donors (Lipinski definition) is 3. The van der Waals surface area contributed by atoms with E-state index in [0.717, 1.165) is 22.5 Å². The summed E-state index contributed by atoms with van der Waals surface area (Å²) in [5.74, 6) is -0.445. The van der Waals surface area contributed by atoms with Crippen LogP contribution in [0.4, 0.5) is 0 Å². The highest BCUT2D eigenvalue weighted by Gasteiger charge is 2.49. The third kappa shape index (κ3) is 4.05. The van der Waals surface area contributed by atoms with Crippen LogP contribution in [0.2, 0.25) is 0 Å².